The van der Waals surface area contributed by atoms with Crippen molar-refractivity contribution in [2.45, 2.75) is 50.6 Å². The molecule has 1 saturated carbocycles. The van der Waals surface area contributed by atoms with Crippen LogP contribution in [0.25, 0.3) is 0 Å². The minimum atomic E-state index is 0.128. The Hall–Kier alpha value is -1.39. The van der Waals surface area contributed by atoms with Crippen LogP contribution in [0.4, 0.5) is 0 Å². The van der Waals surface area contributed by atoms with Crippen molar-refractivity contribution >= 4 is 5.91 Å². The van der Waals surface area contributed by atoms with E-state index in [1.54, 1.807) is 0 Å². The second kappa shape index (κ2) is 7.25. The molecule has 1 aromatic rings. The molecule has 0 aromatic heterocycles. The molecule has 0 spiro atoms. The average molecular weight is 302 g/mol. The number of carbonyl (C=O) groups excluding carboxylic acids is 1. The monoisotopic (exact) mass is 302 g/mol. The zero-order chi connectivity index (χ0) is 15.4. The molecule has 0 bridgehead atoms. The van der Waals surface area contributed by atoms with Gasteiger partial charge in [-0.25, -0.2) is 0 Å². The van der Waals surface area contributed by atoms with Crippen molar-refractivity contribution in [2.75, 3.05) is 19.7 Å². The Morgan fingerprint density at radius 1 is 1.27 bits per heavy atom. The lowest BCUT2D eigenvalue weighted by Crippen LogP contribution is -2.41. The van der Waals surface area contributed by atoms with Crippen LogP contribution in [-0.4, -0.2) is 41.7 Å². The predicted octanol–water partition coefficient (Wildman–Crippen LogP) is 2.03. The number of hydrogen-bond donors (Lipinski definition) is 2. The standard InChI is InChI=1S/C18H26N2O2/c21-12-4-11-20(13-18(22)19-15-9-10-15)17-8-3-6-14-5-1-2-7-16(14)17/h1-2,5,7,15,17,21H,3-4,6,8-13H2,(H,19,22). The Morgan fingerprint density at radius 2 is 2.09 bits per heavy atom. The second-order valence-electron chi connectivity index (χ2n) is 6.50. The SMILES string of the molecule is O=C(CN(CCCO)C1CCCc2ccccc21)NC1CC1. The van der Waals surface area contributed by atoms with E-state index in [1.165, 1.54) is 17.5 Å². The molecule has 22 heavy (non-hydrogen) atoms. The van der Waals surface area contributed by atoms with Crippen molar-refractivity contribution in [1.82, 2.24) is 10.2 Å². The summed E-state index contributed by atoms with van der Waals surface area (Å²) in [5.41, 5.74) is 2.78. The van der Waals surface area contributed by atoms with Gasteiger partial charge in [0.1, 0.15) is 0 Å². The van der Waals surface area contributed by atoms with E-state index in [2.05, 4.69) is 34.5 Å². The molecule has 1 fully saturated rings. The highest BCUT2D eigenvalue weighted by atomic mass is 16.3. The van der Waals surface area contributed by atoms with Crippen LogP contribution < -0.4 is 5.32 Å². The van der Waals surface area contributed by atoms with E-state index in [0.29, 0.717) is 18.6 Å². The van der Waals surface area contributed by atoms with Crippen LogP contribution in [0.2, 0.25) is 0 Å². The van der Waals surface area contributed by atoms with Gasteiger partial charge in [0.15, 0.2) is 0 Å². The molecular weight excluding hydrogens is 276 g/mol. The van der Waals surface area contributed by atoms with Gasteiger partial charge in [-0.15, -0.1) is 0 Å². The number of aliphatic hydroxyl groups is 1. The molecule has 2 aliphatic rings. The Balaban J connectivity index is 1.72. The normalized spacial score (nSPS) is 20.7. The molecule has 4 heteroatoms. The highest BCUT2D eigenvalue weighted by molar-refractivity contribution is 5.78. The number of amides is 1. The van der Waals surface area contributed by atoms with Gasteiger partial charge in [-0.2, -0.15) is 0 Å². The summed E-state index contributed by atoms with van der Waals surface area (Å²) in [5.74, 6) is 0.128. The molecule has 0 heterocycles. The van der Waals surface area contributed by atoms with E-state index < -0.39 is 0 Å². The summed E-state index contributed by atoms with van der Waals surface area (Å²) in [6.07, 6.45) is 6.36. The molecule has 1 aromatic carbocycles. The van der Waals surface area contributed by atoms with Crippen LogP contribution >= 0.6 is 0 Å². The first kappa shape index (κ1) is 15.5. The largest absolute Gasteiger partial charge is 0.396 e. The van der Waals surface area contributed by atoms with Gasteiger partial charge in [0, 0.05) is 25.2 Å². The summed E-state index contributed by atoms with van der Waals surface area (Å²) < 4.78 is 0. The van der Waals surface area contributed by atoms with Gasteiger partial charge in [-0.05, 0) is 49.7 Å². The van der Waals surface area contributed by atoms with Gasteiger partial charge in [-0.3, -0.25) is 9.69 Å². The number of rotatable bonds is 7. The van der Waals surface area contributed by atoms with Crippen LogP contribution in [0, 0.1) is 0 Å². The summed E-state index contributed by atoms with van der Waals surface area (Å²) >= 11 is 0. The van der Waals surface area contributed by atoms with E-state index in [4.69, 9.17) is 0 Å². The highest BCUT2D eigenvalue weighted by Gasteiger charge is 2.29. The lowest BCUT2D eigenvalue weighted by atomic mass is 9.86. The van der Waals surface area contributed by atoms with E-state index in [9.17, 15) is 9.90 Å². The molecule has 0 saturated heterocycles. The van der Waals surface area contributed by atoms with Gasteiger partial charge in [-0.1, -0.05) is 24.3 Å². The minimum Gasteiger partial charge on any atom is -0.396 e. The number of nitrogens with zero attached hydrogens (tertiary/aromatic N) is 1. The average Bonchev–Trinajstić information content (AvgIpc) is 3.35. The van der Waals surface area contributed by atoms with E-state index in [0.717, 1.165) is 38.6 Å². The summed E-state index contributed by atoms with van der Waals surface area (Å²) in [5, 5.41) is 12.3. The topological polar surface area (TPSA) is 52.6 Å². The van der Waals surface area contributed by atoms with Crippen molar-refractivity contribution in [3.8, 4) is 0 Å². The molecular formula is C18H26N2O2. The second-order valence-corrected chi connectivity index (χ2v) is 6.50. The van der Waals surface area contributed by atoms with Crippen molar-refractivity contribution in [3.05, 3.63) is 35.4 Å². The van der Waals surface area contributed by atoms with Crippen LogP contribution in [-0.2, 0) is 11.2 Å². The first-order chi connectivity index (χ1) is 10.8. The van der Waals surface area contributed by atoms with E-state index in [1.807, 2.05) is 0 Å². The fourth-order valence-electron chi connectivity index (χ4n) is 3.41. The van der Waals surface area contributed by atoms with Crippen molar-refractivity contribution in [3.63, 3.8) is 0 Å². The summed E-state index contributed by atoms with van der Waals surface area (Å²) in [6.45, 7) is 1.39. The van der Waals surface area contributed by atoms with Gasteiger partial charge in [0.05, 0.1) is 6.54 Å². The maximum atomic E-state index is 12.2. The molecule has 3 rings (SSSR count). The first-order valence-electron chi connectivity index (χ1n) is 8.50. The third kappa shape index (κ3) is 3.87. The number of hydrogen-bond acceptors (Lipinski definition) is 3. The fourth-order valence-corrected chi connectivity index (χ4v) is 3.41. The zero-order valence-electron chi connectivity index (χ0n) is 13.1. The Labute approximate surface area is 132 Å². The maximum absolute atomic E-state index is 12.2. The number of aliphatic hydroxyl groups excluding tert-OH is 1. The van der Waals surface area contributed by atoms with Crippen LogP contribution in [0.1, 0.15) is 49.3 Å². The third-order valence-electron chi connectivity index (χ3n) is 4.67. The van der Waals surface area contributed by atoms with Crippen molar-refractivity contribution < 1.29 is 9.90 Å². The highest BCUT2D eigenvalue weighted by Crippen LogP contribution is 2.34. The summed E-state index contributed by atoms with van der Waals surface area (Å²) in [6, 6.07) is 9.30. The molecule has 2 N–H and O–H groups in total. The molecule has 120 valence electrons. The molecule has 1 amide bonds. The zero-order valence-corrected chi connectivity index (χ0v) is 13.1. The Kier molecular flexibility index (Phi) is 5.11. The Bertz CT molecular complexity index is 514. The smallest absolute Gasteiger partial charge is 0.234 e. The number of nitrogens with one attached hydrogen (secondary N) is 1. The molecule has 4 nitrogen and oxygen atoms in total. The third-order valence-corrected chi connectivity index (χ3v) is 4.67. The molecule has 1 unspecified atom stereocenters. The molecule has 1 atom stereocenters. The van der Waals surface area contributed by atoms with Gasteiger partial charge in [0.2, 0.25) is 5.91 Å². The summed E-state index contributed by atoms with van der Waals surface area (Å²) in [4.78, 5) is 14.5. The number of benzene rings is 1. The maximum Gasteiger partial charge on any atom is 0.234 e. The van der Waals surface area contributed by atoms with Crippen molar-refractivity contribution in [2.24, 2.45) is 0 Å². The van der Waals surface area contributed by atoms with Crippen LogP contribution in [0.15, 0.2) is 24.3 Å². The predicted molar refractivity (Wildman–Crippen MR) is 86.6 cm³/mol. The lowest BCUT2D eigenvalue weighted by molar-refractivity contribution is -0.123. The van der Waals surface area contributed by atoms with Crippen LogP contribution in [0.5, 0.6) is 0 Å². The number of fused-ring (bicyclic) bond motifs is 1. The number of aryl methyl sites for hydroxylation is 1. The first-order valence-corrected chi connectivity index (χ1v) is 8.50. The van der Waals surface area contributed by atoms with E-state index >= 15 is 0 Å². The Morgan fingerprint density at radius 3 is 2.86 bits per heavy atom. The fraction of sp³-hybridized carbons (Fsp3) is 0.611. The summed E-state index contributed by atoms with van der Waals surface area (Å²) in [7, 11) is 0. The lowest BCUT2D eigenvalue weighted by Gasteiger charge is -2.35. The van der Waals surface area contributed by atoms with Crippen LogP contribution in [0.3, 0.4) is 0 Å². The molecule has 2 aliphatic carbocycles. The van der Waals surface area contributed by atoms with Gasteiger partial charge >= 0.3 is 0 Å². The number of carbonyl (C=O) groups is 1. The van der Waals surface area contributed by atoms with Gasteiger partial charge < -0.3 is 10.4 Å². The molecule has 0 radical (unpaired) electrons. The quantitative estimate of drug-likeness (QED) is 0.810. The van der Waals surface area contributed by atoms with Gasteiger partial charge in [0.25, 0.3) is 0 Å². The molecule has 0 aliphatic heterocycles. The minimum absolute atomic E-state index is 0.128. The van der Waals surface area contributed by atoms with Crippen molar-refractivity contribution in [1.29, 1.82) is 0 Å². The van der Waals surface area contributed by atoms with E-state index in [-0.39, 0.29) is 12.5 Å².